The summed E-state index contributed by atoms with van der Waals surface area (Å²) < 4.78 is 42.7. The van der Waals surface area contributed by atoms with Gasteiger partial charge in [0.2, 0.25) is 0 Å². The van der Waals surface area contributed by atoms with Crippen molar-refractivity contribution in [3.05, 3.63) is 47.0 Å². The van der Waals surface area contributed by atoms with Gasteiger partial charge in [-0.15, -0.1) is 6.58 Å². The first-order valence-electron chi connectivity index (χ1n) is 10.9. The fourth-order valence-corrected chi connectivity index (χ4v) is 4.98. The molecule has 0 saturated heterocycles. The third-order valence-electron chi connectivity index (χ3n) is 4.75. The predicted octanol–water partition coefficient (Wildman–Crippen LogP) is 3.80. The van der Waals surface area contributed by atoms with Crippen molar-refractivity contribution in [3.63, 3.8) is 0 Å². The molecule has 8 nitrogen and oxygen atoms in total. The molecule has 0 aromatic heterocycles. The normalized spacial score (nSPS) is 12.8. The Balaban J connectivity index is 3.77. The highest BCUT2D eigenvalue weighted by molar-refractivity contribution is 9.10. The lowest BCUT2D eigenvalue weighted by molar-refractivity contribution is -0.178. The molecule has 1 aromatic carbocycles. The Kier molecular flexibility index (Phi) is 11.4. The van der Waals surface area contributed by atoms with Crippen LogP contribution in [0.1, 0.15) is 46.6 Å². The molecule has 0 amide bonds. The van der Waals surface area contributed by atoms with Gasteiger partial charge in [-0.05, 0) is 58.7 Å². The minimum atomic E-state index is -4.17. The van der Waals surface area contributed by atoms with Crippen LogP contribution < -0.4 is 0 Å². The first kappa shape index (κ1) is 29.8. The van der Waals surface area contributed by atoms with Gasteiger partial charge in [0, 0.05) is 10.9 Å². The number of ether oxygens (including phenoxy) is 3. The van der Waals surface area contributed by atoms with Crippen molar-refractivity contribution in [2.24, 2.45) is 5.41 Å². The molecule has 0 saturated carbocycles. The minimum absolute atomic E-state index is 0.0778. The summed E-state index contributed by atoms with van der Waals surface area (Å²) in [6, 6.07) is 6.81. The van der Waals surface area contributed by atoms with Gasteiger partial charge in [0.1, 0.15) is 0 Å². The van der Waals surface area contributed by atoms with Crippen LogP contribution in [-0.2, 0) is 44.9 Å². The lowest BCUT2D eigenvalue weighted by Crippen LogP contribution is -2.50. The summed E-state index contributed by atoms with van der Waals surface area (Å²) in [6.07, 6.45) is -1.01. The molecule has 0 N–H and O–H groups in total. The standard InChI is InChI=1S/C24H33BrO8S/c1-7-13-34(29,30)20(21(26)31-8-2)15-24(22(27)32-16(3)4,23(28)33-17(5)6)14-18-9-11-19(25)12-10-18/h7,9-12,16-17,20H,1,8,13-15H2,2-6H3. The number of esters is 3. The summed E-state index contributed by atoms with van der Waals surface area (Å²) in [5.74, 6) is -3.54. The molecule has 0 heterocycles. The Hall–Kier alpha value is -2.20. The van der Waals surface area contributed by atoms with Gasteiger partial charge < -0.3 is 14.2 Å². The number of sulfone groups is 1. The summed E-state index contributed by atoms with van der Waals surface area (Å²) in [7, 11) is -4.17. The monoisotopic (exact) mass is 560 g/mol. The highest BCUT2D eigenvalue weighted by Crippen LogP contribution is 2.36. The number of halogens is 1. The fourth-order valence-electron chi connectivity index (χ4n) is 3.26. The molecule has 190 valence electrons. The molecule has 0 radical (unpaired) electrons. The van der Waals surface area contributed by atoms with Gasteiger partial charge in [0.05, 0.1) is 24.6 Å². The molecule has 1 aromatic rings. The van der Waals surface area contributed by atoms with Gasteiger partial charge in [-0.2, -0.15) is 0 Å². The van der Waals surface area contributed by atoms with Crippen molar-refractivity contribution in [1.82, 2.24) is 0 Å². The van der Waals surface area contributed by atoms with Crippen LogP contribution in [0.15, 0.2) is 41.4 Å². The van der Waals surface area contributed by atoms with Gasteiger partial charge in [0.15, 0.2) is 20.5 Å². The van der Waals surface area contributed by atoms with Crippen LogP contribution in [-0.4, -0.2) is 56.1 Å². The molecule has 34 heavy (non-hydrogen) atoms. The molecule has 0 spiro atoms. The molecule has 1 rings (SSSR count). The molecular weight excluding hydrogens is 528 g/mol. The molecule has 0 aliphatic heterocycles. The molecule has 0 aliphatic carbocycles. The topological polar surface area (TPSA) is 113 Å². The molecule has 1 unspecified atom stereocenters. The summed E-state index contributed by atoms with van der Waals surface area (Å²) in [6.45, 7) is 11.3. The Morgan fingerprint density at radius 3 is 1.94 bits per heavy atom. The van der Waals surface area contributed by atoms with Crippen molar-refractivity contribution in [1.29, 1.82) is 0 Å². The van der Waals surface area contributed by atoms with Gasteiger partial charge >= 0.3 is 17.9 Å². The Labute approximate surface area is 210 Å². The van der Waals surface area contributed by atoms with Crippen LogP contribution in [0.2, 0.25) is 0 Å². The molecule has 0 bridgehead atoms. The Morgan fingerprint density at radius 2 is 1.53 bits per heavy atom. The lowest BCUT2D eigenvalue weighted by Gasteiger charge is -2.33. The second kappa shape index (κ2) is 13.0. The lowest BCUT2D eigenvalue weighted by atomic mass is 9.77. The van der Waals surface area contributed by atoms with E-state index < -0.39 is 62.8 Å². The van der Waals surface area contributed by atoms with E-state index in [1.807, 2.05) is 0 Å². The zero-order valence-electron chi connectivity index (χ0n) is 20.2. The average Bonchev–Trinajstić information content (AvgIpc) is 2.71. The van der Waals surface area contributed by atoms with E-state index in [9.17, 15) is 22.8 Å². The van der Waals surface area contributed by atoms with Crippen molar-refractivity contribution in [3.8, 4) is 0 Å². The number of hydrogen-bond acceptors (Lipinski definition) is 8. The van der Waals surface area contributed by atoms with Crippen molar-refractivity contribution in [2.75, 3.05) is 12.4 Å². The molecule has 10 heteroatoms. The average molecular weight is 561 g/mol. The summed E-state index contributed by atoms with van der Waals surface area (Å²) >= 11 is 3.34. The number of benzene rings is 1. The number of carbonyl (C=O) groups excluding carboxylic acids is 3. The Morgan fingerprint density at radius 1 is 1.03 bits per heavy atom. The second-order valence-corrected chi connectivity index (χ2v) is 11.5. The molecule has 0 aliphatic rings. The fraction of sp³-hybridized carbons (Fsp3) is 0.542. The predicted molar refractivity (Wildman–Crippen MR) is 132 cm³/mol. The van der Waals surface area contributed by atoms with Crippen LogP contribution in [0.4, 0.5) is 0 Å². The van der Waals surface area contributed by atoms with E-state index in [4.69, 9.17) is 14.2 Å². The van der Waals surface area contributed by atoms with Gasteiger partial charge in [-0.3, -0.25) is 14.4 Å². The minimum Gasteiger partial charge on any atom is -0.465 e. The summed E-state index contributed by atoms with van der Waals surface area (Å²) in [4.78, 5) is 39.7. The van der Waals surface area contributed by atoms with Crippen LogP contribution in [0.25, 0.3) is 0 Å². The first-order valence-corrected chi connectivity index (χ1v) is 13.5. The van der Waals surface area contributed by atoms with E-state index in [-0.39, 0.29) is 13.0 Å². The largest absolute Gasteiger partial charge is 0.465 e. The van der Waals surface area contributed by atoms with Gasteiger partial charge in [0.25, 0.3) is 0 Å². The highest BCUT2D eigenvalue weighted by atomic mass is 79.9. The van der Waals surface area contributed by atoms with E-state index in [0.29, 0.717) is 5.56 Å². The third-order valence-corrected chi connectivity index (χ3v) is 7.21. The van der Waals surface area contributed by atoms with Crippen LogP contribution in [0.5, 0.6) is 0 Å². The zero-order valence-corrected chi connectivity index (χ0v) is 22.6. The van der Waals surface area contributed by atoms with E-state index in [0.717, 1.165) is 10.5 Å². The molecule has 0 fully saturated rings. The van der Waals surface area contributed by atoms with Crippen LogP contribution in [0.3, 0.4) is 0 Å². The maximum absolute atomic E-state index is 13.5. The van der Waals surface area contributed by atoms with Crippen molar-refractivity contribution < 1.29 is 37.0 Å². The van der Waals surface area contributed by atoms with Crippen molar-refractivity contribution >= 4 is 43.7 Å². The van der Waals surface area contributed by atoms with Gasteiger partial charge in [-0.1, -0.05) is 34.1 Å². The quantitative estimate of drug-likeness (QED) is 0.155. The number of rotatable bonds is 13. The highest BCUT2D eigenvalue weighted by Gasteiger charge is 2.54. The summed E-state index contributed by atoms with van der Waals surface area (Å²) in [5, 5.41) is -1.81. The van der Waals surface area contributed by atoms with E-state index >= 15 is 0 Å². The zero-order chi connectivity index (χ0) is 26.1. The van der Waals surface area contributed by atoms with E-state index in [2.05, 4.69) is 22.5 Å². The summed E-state index contributed by atoms with van der Waals surface area (Å²) in [5.41, 5.74) is -1.57. The molecule has 1 atom stereocenters. The maximum Gasteiger partial charge on any atom is 0.324 e. The van der Waals surface area contributed by atoms with E-state index in [1.165, 1.54) is 6.92 Å². The maximum atomic E-state index is 13.5. The number of carbonyl (C=O) groups is 3. The van der Waals surface area contributed by atoms with Crippen LogP contribution >= 0.6 is 15.9 Å². The van der Waals surface area contributed by atoms with Gasteiger partial charge in [-0.25, -0.2) is 8.42 Å². The third kappa shape index (κ3) is 8.23. The Bertz CT molecular complexity index is 945. The number of hydrogen-bond donors (Lipinski definition) is 0. The smallest absolute Gasteiger partial charge is 0.324 e. The SMILES string of the molecule is C=CCS(=O)(=O)C(CC(Cc1ccc(Br)cc1)(C(=O)OC(C)C)C(=O)OC(C)C)C(=O)OCC. The van der Waals surface area contributed by atoms with E-state index in [1.54, 1.807) is 52.0 Å². The van der Waals surface area contributed by atoms with Crippen molar-refractivity contribution in [2.45, 2.75) is 64.9 Å². The van der Waals surface area contributed by atoms with Crippen LogP contribution in [0, 0.1) is 5.41 Å². The molecular formula is C24H33BrO8S. The second-order valence-electron chi connectivity index (χ2n) is 8.36. The first-order chi connectivity index (χ1) is 15.8.